The van der Waals surface area contributed by atoms with Crippen molar-refractivity contribution in [2.24, 2.45) is 0 Å². The molecule has 1 N–H and O–H groups in total. The molecule has 0 bridgehead atoms. The van der Waals surface area contributed by atoms with Gasteiger partial charge >= 0.3 is 5.97 Å². The fourth-order valence-electron chi connectivity index (χ4n) is 3.72. The summed E-state index contributed by atoms with van der Waals surface area (Å²) in [5, 5.41) is 6.98. The molecule has 0 saturated heterocycles. The van der Waals surface area contributed by atoms with Crippen LogP contribution in [0, 0.1) is 13.8 Å². The van der Waals surface area contributed by atoms with Crippen LogP contribution in [0.5, 0.6) is 0 Å². The van der Waals surface area contributed by atoms with E-state index in [4.69, 9.17) is 4.74 Å². The third-order valence-electron chi connectivity index (χ3n) is 5.33. The number of rotatable bonds is 9. The summed E-state index contributed by atoms with van der Waals surface area (Å²) in [6.07, 6.45) is 6.33. The van der Waals surface area contributed by atoms with E-state index in [2.05, 4.69) is 15.4 Å². The average Bonchev–Trinajstić information content (AvgIpc) is 3.37. The van der Waals surface area contributed by atoms with Crippen LogP contribution in [0.4, 0.5) is 0 Å². The lowest BCUT2D eigenvalue weighted by Gasteiger charge is -2.06. The van der Waals surface area contributed by atoms with Gasteiger partial charge in [-0.1, -0.05) is 24.3 Å². The summed E-state index contributed by atoms with van der Waals surface area (Å²) in [6, 6.07) is 7.96. The van der Waals surface area contributed by atoms with E-state index in [1.54, 1.807) is 24.0 Å². The zero-order valence-electron chi connectivity index (χ0n) is 19.0. The molecule has 0 unspecified atom stereocenters. The second kappa shape index (κ2) is 10.6. The Bertz CT molecular complexity index is 1100. The smallest absolute Gasteiger partial charge is 0.340 e. The first-order valence-corrected chi connectivity index (χ1v) is 10.7. The van der Waals surface area contributed by atoms with Crippen molar-refractivity contribution in [1.29, 1.82) is 0 Å². The van der Waals surface area contributed by atoms with Crippen molar-refractivity contribution < 1.29 is 14.3 Å². The lowest BCUT2D eigenvalue weighted by Crippen LogP contribution is -2.20. The van der Waals surface area contributed by atoms with E-state index in [-0.39, 0.29) is 11.9 Å². The minimum absolute atomic E-state index is 0.229. The molecule has 1 amide bonds. The first-order valence-electron chi connectivity index (χ1n) is 10.7. The number of amides is 1. The second-order valence-electron chi connectivity index (χ2n) is 7.38. The van der Waals surface area contributed by atoms with Crippen LogP contribution in [0.15, 0.2) is 43.0 Å². The number of hydrogen-bond acceptors (Lipinski definition) is 5. The van der Waals surface area contributed by atoms with Crippen LogP contribution < -0.4 is 5.32 Å². The highest BCUT2D eigenvalue weighted by Crippen LogP contribution is 2.25. The number of ether oxygens (including phenoxy) is 1. The van der Waals surface area contributed by atoms with Crippen molar-refractivity contribution in [2.75, 3.05) is 6.61 Å². The van der Waals surface area contributed by atoms with Crippen LogP contribution in [0.25, 0.3) is 6.08 Å². The molecule has 32 heavy (non-hydrogen) atoms. The molecule has 0 saturated carbocycles. The van der Waals surface area contributed by atoms with Crippen molar-refractivity contribution >= 4 is 18.0 Å². The van der Waals surface area contributed by atoms with Gasteiger partial charge in [-0.15, -0.1) is 0 Å². The molecule has 8 heteroatoms. The number of esters is 1. The molecule has 1 aromatic carbocycles. The second-order valence-corrected chi connectivity index (χ2v) is 7.38. The summed E-state index contributed by atoms with van der Waals surface area (Å²) in [7, 11) is 0. The van der Waals surface area contributed by atoms with Gasteiger partial charge in [-0.25, -0.2) is 14.5 Å². The predicted molar refractivity (Wildman–Crippen MR) is 122 cm³/mol. The zero-order valence-corrected chi connectivity index (χ0v) is 19.0. The molecule has 0 spiro atoms. The Kier molecular flexibility index (Phi) is 7.59. The molecule has 3 aromatic rings. The van der Waals surface area contributed by atoms with Gasteiger partial charge in [-0.2, -0.15) is 5.10 Å². The molecule has 3 rings (SSSR count). The van der Waals surface area contributed by atoms with Gasteiger partial charge < -0.3 is 14.6 Å². The van der Waals surface area contributed by atoms with Crippen molar-refractivity contribution in [3.63, 3.8) is 0 Å². The molecular formula is C24H29N5O3. The van der Waals surface area contributed by atoms with E-state index in [1.807, 2.05) is 49.6 Å². The van der Waals surface area contributed by atoms with Crippen molar-refractivity contribution in [1.82, 2.24) is 24.6 Å². The van der Waals surface area contributed by atoms with Gasteiger partial charge in [-0.05, 0) is 44.9 Å². The molecule has 0 aliphatic carbocycles. The van der Waals surface area contributed by atoms with Crippen LogP contribution in [-0.2, 0) is 29.2 Å². The van der Waals surface area contributed by atoms with Gasteiger partial charge in [0.25, 0.3) is 0 Å². The Morgan fingerprint density at radius 2 is 1.81 bits per heavy atom. The third kappa shape index (κ3) is 5.32. The van der Waals surface area contributed by atoms with Crippen LogP contribution in [0.3, 0.4) is 0 Å². The Hall–Kier alpha value is -3.68. The molecule has 0 atom stereocenters. The number of nitrogens with zero attached hydrogens (tertiary/aromatic N) is 4. The number of nitrogens with one attached hydrogen (secondary N) is 1. The lowest BCUT2D eigenvalue weighted by atomic mass is 10.1. The first-order chi connectivity index (χ1) is 15.4. The number of carbonyl (C=O) groups excluding carboxylic acids is 2. The Labute approximate surface area is 187 Å². The van der Waals surface area contributed by atoms with Crippen molar-refractivity contribution in [3.05, 3.63) is 76.6 Å². The minimum Gasteiger partial charge on any atom is -0.462 e. The maximum atomic E-state index is 12.5. The highest BCUT2D eigenvalue weighted by Gasteiger charge is 2.22. The zero-order chi connectivity index (χ0) is 23.1. The van der Waals surface area contributed by atoms with Gasteiger partial charge in [-0.3, -0.25) is 4.79 Å². The number of aromatic nitrogens is 4. The summed E-state index contributed by atoms with van der Waals surface area (Å²) in [5.74, 6) is -0.598. The summed E-state index contributed by atoms with van der Waals surface area (Å²) >= 11 is 0. The average molecular weight is 436 g/mol. The lowest BCUT2D eigenvalue weighted by molar-refractivity contribution is -0.116. The molecule has 8 nitrogen and oxygen atoms in total. The largest absolute Gasteiger partial charge is 0.462 e. The van der Waals surface area contributed by atoms with Gasteiger partial charge in [0.1, 0.15) is 12.7 Å². The third-order valence-corrected chi connectivity index (χ3v) is 5.33. The van der Waals surface area contributed by atoms with E-state index < -0.39 is 0 Å². The normalized spacial score (nSPS) is 11.1. The predicted octanol–water partition coefficient (Wildman–Crippen LogP) is 3.27. The molecule has 0 aliphatic heterocycles. The van der Waals surface area contributed by atoms with Gasteiger partial charge in [0.05, 0.1) is 18.7 Å². The van der Waals surface area contributed by atoms with Crippen LogP contribution >= 0.6 is 0 Å². The quantitative estimate of drug-likeness (QED) is 0.411. The number of carbonyl (C=O) groups is 2. The topological polar surface area (TPSA) is 91.0 Å². The first kappa shape index (κ1) is 23.0. The van der Waals surface area contributed by atoms with E-state index in [9.17, 15) is 9.59 Å². The molecule has 2 aromatic heterocycles. The van der Waals surface area contributed by atoms with E-state index >= 15 is 0 Å². The van der Waals surface area contributed by atoms with Crippen LogP contribution in [0.1, 0.15) is 52.3 Å². The summed E-state index contributed by atoms with van der Waals surface area (Å²) in [6.45, 7) is 9.73. The molecule has 0 fully saturated rings. The SMILES string of the molecule is CCOC(=O)c1c(/C=C/C(=O)NCc2ccc(Cn3cncn3)cc2)c(C)n(CC)c1C. The molecule has 0 aliphatic rings. The highest BCUT2D eigenvalue weighted by molar-refractivity contribution is 5.98. The van der Waals surface area contributed by atoms with E-state index in [1.165, 1.54) is 12.4 Å². The maximum Gasteiger partial charge on any atom is 0.340 e. The molecule has 168 valence electrons. The van der Waals surface area contributed by atoms with Gasteiger partial charge in [0.15, 0.2) is 0 Å². The maximum absolute atomic E-state index is 12.5. The van der Waals surface area contributed by atoms with E-state index in [0.29, 0.717) is 25.3 Å². The standard InChI is InChI=1S/C24H29N5O3/c1-5-29-17(3)21(23(18(29)4)24(31)32-6-2)11-12-22(30)26-13-19-7-9-20(10-8-19)14-28-16-25-15-27-28/h7-12,15-16H,5-6,13-14H2,1-4H3,(H,26,30)/b12-11+. The minimum atomic E-state index is -0.369. The summed E-state index contributed by atoms with van der Waals surface area (Å²) < 4.78 is 9.02. The van der Waals surface area contributed by atoms with Crippen molar-refractivity contribution in [3.8, 4) is 0 Å². The highest BCUT2D eigenvalue weighted by atomic mass is 16.5. The van der Waals surface area contributed by atoms with E-state index in [0.717, 1.165) is 34.6 Å². The van der Waals surface area contributed by atoms with Gasteiger partial charge in [0.2, 0.25) is 5.91 Å². The van der Waals surface area contributed by atoms with Crippen molar-refractivity contribution in [2.45, 2.75) is 47.3 Å². The summed E-state index contributed by atoms with van der Waals surface area (Å²) in [5.41, 5.74) is 5.09. The Morgan fingerprint density at radius 1 is 1.09 bits per heavy atom. The number of hydrogen-bond donors (Lipinski definition) is 1. The summed E-state index contributed by atoms with van der Waals surface area (Å²) in [4.78, 5) is 28.8. The fraction of sp³-hybridized carbons (Fsp3) is 0.333. The van der Waals surface area contributed by atoms with Gasteiger partial charge in [0, 0.05) is 36.1 Å². The molecule has 2 heterocycles. The molecule has 0 radical (unpaired) electrons. The van der Waals surface area contributed by atoms with Crippen LogP contribution in [0.2, 0.25) is 0 Å². The molecular weight excluding hydrogens is 406 g/mol. The Morgan fingerprint density at radius 3 is 2.44 bits per heavy atom. The number of benzene rings is 1. The van der Waals surface area contributed by atoms with Crippen LogP contribution in [-0.4, -0.2) is 37.8 Å². The fourth-order valence-corrected chi connectivity index (χ4v) is 3.72. The monoisotopic (exact) mass is 435 g/mol. The Balaban J connectivity index is 1.65.